The van der Waals surface area contributed by atoms with Gasteiger partial charge in [-0.25, -0.2) is 0 Å². The Balaban J connectivity index is 1.54. The number of unbranched alkanes of at least 4 members (excludes halogenated alkanes) is 1. The average molecular weight is 379 g/mol. The SMILES string of the molecule is CCCCNC(=O)c1ccc(CNC(=O)c2ccc3c(c2)CCC(=O)N3)cc1. The third kappa shape index (κ3) is 4.97. The van der Waals surface area contributed by atoms with Crippen LogP contribution in [0.2, 0.25) is 0 Å². The average Bonchev–Trinajstić information content (AvgIpc) is 2.72. The molecule has 1 aliphatic heterocycles. The number of rotatable bonds is 7. The second-order valence-corrected chi connectivity index (χ2v) is 6.91. The van der Waals surface area contributed by atoms with Crippen molar-refractivity contribution >= 4 is 23.4 Å². The molecule has 28 heavy (non-hydrogen) atoms. The maximum absolute atomic E-state index is 12.4. The highest BCUT2D eigenvalue weighted by atomic mass is 16.2. The quantitative estimate of drug-likeness (QED) is 0.646. The van der Waals surface area contributed by atoms with E-state index in [1.165, 1.54) is 0 Å². The second-order valence-electron chi connectivity index (χ2n) is 6.91. The van der Waals surface area contributed by atoms with Gasteiger partial charge in [-0.05, 0) is 54.3 Å². The highest BCUT2D eigenvalue weighted by Gasteiger charge is 2.16. The van der Waals surface area contributed by atoms with E-state index in [-0.39, 0.29) is 17.7 Å². The number of amides is 3. The predicted octanol–water partition coefficient (Wildman–Crippen LogP) is 3.03. The van der Waals surface area contributed by atoms with Crippen LogP contribution in [0, 0.1) is 0 Å². The molecule has 0 saturated carbocycles. The van der Waals surface area contributed by atoms with Gasteiger partial charge in [0.25, 0.3) is 11.8 Å². The molecule has 0 spiro atoms. The summed E-state index contributed by atoms with van der Waals surface area (Å²) in [5, 5.41) is 8.59. The maximum atomic E-state index is 12.4. The number of anilines is 1. The van der Waals surface area contributed by atoms with E-state index in [2.05, 4.69) is 22.9 Å². The van der Waals surface area contributed by atoms with Crippen molar-refractivity contribution < 1.29 is 14.4 Å². The molecular weight excluding hydrogens is 354 g/mol. The van der Waals surface area contributed by atoms with Crippen LogP contribution in [0.3, 0.4) is 0 Å². The van der Waals surface area contributed by atoms with E-state index in [9.17, 15) is 14.4 Å². The molecule has 0 unspecified atom stereocenters. The Bertz CT molecular complexity index is 875. The van der Waals surface area contributed by atoms with Crippen molar-refractivity contribution in [2.24, 2.45) is 0 Å². The lowest BCUT2D eigenvalue weighted by molar-refractivity contribution is -0.116. The molecule has 3 rings (SSSR count). The fourth-order valence-electron chi connectivity index (χ4n) is 3.06. The Morgan fingerprint density at radius 2 is 1.68 bits per heavy atom. The molecule has 0 fully saturated rings. The van der Waals surface area contributed by atoms with Crippen molar-refractivity contribution in [3.8, 4) is 0 Å². The summed E-state index contributed by atoms with van der Waals surface area (Å²) in [4.78, 5) is 35.9. The minimum atomic E-state index is -0.166. The van der Waals surface area contributed by atoms with E-state index in [0.717, 1.165) is 29.7 Å². The van der Waals surface area contributed by atoms with Crippen LogP contribution in [0.1, 0.15) is 58.0 Å². The van der Waals surface area contributed by atoms with Gasteiger partial charge in [0.05, 0.1) is 0 Å². The Hall–Kier alpha value is -3.15. The molecule has 3 N–H and O–H groups in total. The molecule has 0 atom stereocenters. The zero-order valence-corrected chi connectivity index (χ0v) is 16.0. The number of hydrogen-bond acceptors (Lipinski definition) is 3. The smallest absolute Gasteiger partial charge is 0.251 e. The molecule has 0 aliphatic carbocycles. The van der Waals surface area contributed by atoms with E-state index in [1.54, 1.807) is 24.3 Å². The molecule has 3 amide bonds. The van der Waals surface area contributed by atoms with Crippen molar-refractivity contribution in [2.45, 2.75) is 39.2 Å². The number of benzene rings is 2. The van der Waals surface area contributed by atoms with Gasteiger partial charge < -0.3 is 16.0 Å². The number of carbonyl (C=O) groups is 3. The normalized spacial score (nSPS) is 12.7. The number of hydrogen-bond donors (Lipinski definition) is 3. The van der Waals surface area contributed by atoms with Crippen molar-refractivity contribution in [1.29, 1.82) is 0 Å². The lowest BCUT2D eigenvalue weighted by Gasteiger charge is -2.17. The number of carbonyl (C=O) groups excluding carboxylic acids is 3. The van der Waals surface area contributed by atoms with Crippen LogP contribution in [0.5, 0.6) is 0 Å². The van der Waals surface area contributed by atoms with Gasteiger partial charge in [0.2, 0.25) is 5.91 Å². The summed E-state index contributed by atoms with van der Waals surface area (Å²) in [5.41, 5.74) is 3.86. The number of nitrogens with one attached hydrogen (secondary N) is 3. The summed E-state index contributed by atoms with van der Waals surface area (Å²) in [7, 11) is 0. The largest absolute Gasteiger partial charge is 0.352 e. The zero-order chi connectivity index (χ0) is 19.9. The molecule has 6 heteroatoms. The van der Waals surface area contributed by atoms with Crippen molar-refractivity contribution in [3.63, 3.8) is 0 Å². The summed E-state index contributed by atoms with van der Waals surface area (Å²) in [6.45, 7) is 3.14. The fraction of sp³-hybridized carbons (Fsp3) is 0.318. The molecule has 0 saturated heterocycles. The first-order chi connectivity index (χ1) is 13.6. The Morgan fingerprint density at radius 1 is 0.964 bits per heavy atom. The summed E-state index contributed by atoms with van der Waals surface area (Å²) < 4.78 is 0. The zero-order valence-electron chi connectivity index (χ0n) is 16.0. The van der Waals surface area contributed by atoms with Crippen molar-refractivity contribution in [1.82, 2.24) is 10.6 Å². The summed E-state index contributed by atoms with van der Waals surface area (Å²) in [6, 6.07) is 12.5. The van der Waals surface area contributed by atoms with Crippen molar-refractivity contribution in [2.75, 3.05) is 11.9 Å². The number of fused-ring (bicyclic) bond motifs is 1. The van der Waals surface area contributed by atoms with Gasteiger partial charge in [0.15, 0.2) is 0 Å². The standard InChI is InChI=1S/C22H25N3O3/c1-2-3-12-23-21(27)16-6-4-15(5-7-16)14-24-22(28)18-8-10-19-17(13-18)9-11-20(26)25-19/h4-8,10,13H,2-3,9,11-12,14H2,1H3,(H,23,27)(H,24,28)(H,25,26). The molecule has 2 aromatic rings. The second kappa shape index (κ2) is 9.17. The Morgan fingerprint density at radius 3 is 2.43 bits per heavy atom. The molecule has 1 heterocycles. The highest BCUT2D eigenvalue weighted by molar-refractivity contribution is 5.98. The summed E-state index contributed by atoms with van der Waals surface area (Å²) in [5.74, 6) is -0.238. The lowest BCUT2D eigenvalue weighted by Crippen LogP contribution is -2.25. The monoisotopic (exact) mass is 379 g/mol. The highest BCUT2D eigenvalue weighted by Crippen LogP contribution is 2.23. The Labute approximate surface area is 164 Å². The lowest BCUT2D eigenvalue weighted by atomic mass is 10.00. The first kappa shape index (κ1) is 19.6. The molecule has 2 aromatic carbocycles. The van der Waals surface area contributed by atoms with Crippen LogP contribution in [0.4, 0.5) is 5.69 Å². The van der Waals surface area contributed by atoms with Gasteiger partial charge in [0, 0.05) is 36.3 Å². The molecule has 146 valence electrons. The van der Waals surface area contributed by atoms with E-state index >= 15 is 0 Å². The van der Waals surface area contributed by atoms with Crippen LogP contribution in [0.15, 0.2) is 42.5 Å². The van der Waals surface area contributed by atoms with Crippen LogP contribution >= 0.6 is 0 Å². The molecule has 1 aliphatic rings. The van der Waals surface area contributed by atoms with Crippen LogP contribution < -0.4 is 16.0 Å². The van der Waals surface area contributed by atoms with Gasteiger partial charge in [-0.15, -0.1) is 0 Å². The molecule has 0 radical (unpaired) electrons. The van der Waals surface area contributed by atoms with Crippen LogP contribution in [-0.2, 0) is 17.8 Å². The van der Waals surface area contributed by atoms with Crippen molar-refractivity contribution in [3.05, 3.63) is 64.7 Å². The molecule has 6 nitrogen and oxygen atoms in total. The van der Waals surface area contributed by atoms with Gasteiger partial charge in [-0.2, -0.15) is 0 Å². The van der Waals surface area contributed by atoms with E-state index in [4.69, 9.17) is 0 Å². The van der Waals surface area contributed by atoms with Gasteiger partial charge in [-0.3, -0.25) is 14.4 Å². The first-order valence-corrected chi connectivity index (χ1v) is 9.65. The maximum Gasteiger partial charge on any atom is 0.251 e. The van der Waals surface area contributed by atoms with E-state index in [1.807, 2.05) is 18.2 Å². The third-order valence-corrected chi connectivity index (χ3v) is 4.75. The van der Waals surface area contributed by atoms with Gasteiger partial charge in [0.1, 0.15) is 0 Å². The molecule has 0 aromatic heterocycles. The fourth-order valence-corrected chi connectivity index (χ4v) is 3.06. The van der Waals surface area contributed by atoms with Crippen LogP contribution in [0.25, 0.3) is 0 Å². The summed E-state index contributed by atoms with van der Waals surface area (Å²) in [6.07, 6.45) is 3.09. The van der Waals surface area contributed by atoms with Gasteiger partial charge >= 0.3 is 0 Å². The third-order valence-electron chi connectivity index (χ3n) is 4.75. The molecule has 0 bridgehead atoms. The topological polar surface area (TPSA) is 87.3 Å². The molecular formula is C22H25N3O3. The van der Waals surface area contributed by atoms with E-state index < -0.39 is 0 Å². The van der Waals surface area contributed by atoms with Crippen LogP contribution in [-0.4, -0.2) is 24.3 Å². The minimum absolute atomic E-state index is 0.00666. The summed E-state index contributed by atoms with van der Waals surface area (Å²) >= 11 is 0. The van der Waals surface area contributed by atoms with E-state index in [0.29, 0.717) is 37.1 Å². The first-order valence-electron chi connectivity index (χ1n) is 9.65. The minimum Gasteiger partial charge on any atom is -0.352 e. The number of aryl methyl sites for hydroxylation is 1. The van der Waals surface area contributed by atoms with Gasteiger partial charge in [-0.1, -0.05) is 25.5 Å². The predicted molar refractivity (Wildman–Crippen MR) is 108 cm³/mol. The Kier molecular flexibility index (Phi) is 6.42.